The number of hydrogen-bond acceptors (Lipinski definition) is 3. The summed E-state index contributed by atoms with van der Waals surface area (Å²) < 4.78 is 4.98. The number of nitrogens with zero attached hydrogens (tertiary/aromatic N) is 1. The molecular weight excluding hydrogens is 192 g/mol. The van der Waals surface area contributed by atoms with Crippen molar-refractivity contribution < 1.29 is 9.21 Å². The molecule has 2 heterocycles. The maximum Gasteiger partial charge on any atom is 0.221 e. The predicted molar refractivity (Wildman–Crippen MR) is 56.2 cm³/mol. The van der Waals surface area contributed by atoms with Crippen LogP contribution >= 0.6 is 0 Å². The van der Waals surface area contributed by atoms with Crippen LogP contribution in [0.4, 0.5) is 5.69 Å². The molecular formula is C11H10N2O2. The maximum atomic E-state index is 11.0. The van der Waals surface area contributed by atoms with Gasteiger partial charge in [0, 0.05) is 18.7 Å². The van der Waals surface area contributed by atoms with Crippen molar-refractivity contribution >= 4 is 11.6 Å². The lowest BCUT2D eigenvalue weighted by atomic mass is 10.2. The zero-order valence-corrected chi connectivity index (χ0v) is 8.23. The first-order valence-electron chi connectivity index (χ1n) is 4.52. The number of amides is 1. The SMILES string of the molecule is CC(=O)Nc1cccnc1-c1ccoc1. The van der Waals surface area contributed by atoms with Gasteiger partial charge in [0.2, 0.25) is 5.91 Å². The largest absolute Gasteiger partial charge is 0.472 e. The summed E-state index contributed by atoms with van der Waals surface area (Å²) in [5.41, 5.74) is 2.24. The van der Waals surface area contributed by atoms with E-state index in [2.05, 4.69) is 10.3 Å². The Morgan fingerprint density at radius 2 is 2.33 bits per heavy atom. The highest BCUT2D eigenvalue weighted by atomic mass is 16.3. The molecule has 1 N–H and O–H groups in total. The lowest BCUT2D eigenvalue weighted by Crippen LogP contribution is -2.07. The van der Waals surface area contributed by atoms with Crippen molar-refractivity contribution in [2.75, 3.05) is 5.32 Å². The molecule has 0 atom stereocenters. The summed E-state index contributed by atoms with van der Waals surface area (Å²) in [7, 11) is 0. The highest BCUT2D eigenvalue weighted by Gasteiger charge is 2.07. The molecule has 2 rings (SSSR count). The van der Waals surface area contributed by atoms with Gasteiger partial charge < -0.3 is 9.73 Å². The Balaban J connectivity index is 2.42. The third kappa shape index (κ3) is 2.04. The second-order valence-electron chi connectivity index (χ2n) is 3.09. The first-order valence-corrected chi connectivity index (χ1v) is 4.52. The maximum absolute atomic E-state index is 11.0. The van der Waals surface area contributed by atoms with Crippen LogP contribution in [0.15, 0.2) is 41.3 Å². The minimum atomic E-state index is -0.118. The quantitative estimate of drug-likeness (QED) is 0.812. The van der Waals surface area contributed by atoms with Gasteiger partial charge in [0.05, 0.1) is 23.9 Å². The average Bonchev–Trinajstić information content (AvgIpc) is 2.70. The molecule has 4 heteroatoms. The van der Waals surface area contributed by atoms with Gasteiger partial charge in [-0.2, -0.15) is 0 Å². The second kappa shape index (κ2) is 3.96. The van der Waals surface area contributed by atoms with E-state index in [0.29, 0.717) is 11.4 Å². The Labute approximate surface area is 86.9 Å². The summed E-state index contributed by atoms with van der Waals surface area (Å²) in [5.74, 6) is -0.118. The van der Waals surface area contributed by atoms with Crippen molar-refractivity contribution in [2.45, 2.75) is 6.92 Å². The van der Waals surface area contributed by atoms with E-state index in [1.807, 2.05) is 0 Å². The van der Waals surface area contributed by atoms with Crippen molar-refractivity contribution in [1.29, 1.82) is 0 Å². The van der Waals surface area contributed by atoms with E-state index in [1.165, 1.54) is 6.92 Å². The molecule has 1 amide bonds. The number of nitrogens with one attached hydrogen (secondary N) is 1. The first kappa shape index (κ1) is 9.45. The average molecular weight is 202 g/mol. The normalized spacial score (nSPS) is 9.93. The van der Waals surface area contributed by atoms with Crippen molar-refractivity contribution in [3.05, 3.63) is 36.9 Å². The lowest BCUT2D eigenvalue weighted by molar-refractivity contribution is -0.114. The van der Waals surface area contributed by atoms with Crippen LogP contribution in [-0.2, 0) is 4.79 Å². The number of carbonyl (C=O) groups is 1. The van der Waals surface area contributed by atoms with Gasteiger partial charge in [0.25, 0.3) is 0 Å². The highest BCUT2D eigenvalue weighted by Crippen LogP contribution is 2.25. The molecule has 0 radical (unpaired) electrons. The van der Waals surface area contributed by atoms with E-state index in [1.54, 1.807) is 36.9 Å². The van der Waals surface area contributed by atoms with Crippen LogP contribution in [0, 0.1) is 0 Å². The van der Waals surface area contributed by atoms with Gasteiger partial charge in [0.15, 0.2) is 0 Å². The molecule has 0 saturated carbocycles. The van der Waals surface area contributed by atoms with Gasteiger partial charge in [-0.1, -0.05) is 0 Å². The minimum Gasteiger partial charge on any atom is -0.472 e. The van der Waals surface area contributed by atoms with Gasteiger partial charge in [0.1, 0.15) is 0 Å². The fraction of sp³-hybridized carbons (Fsp3) is 0.0909. The van der Waals surface area contributed by atoms with Crippen LogP contribution in [0.2, 0.25) is 0 Å². The highest BCUT2D eigenvalue weighted by molar-refractivity contribution is 5.92. The number of hydrogen-bond donors (Lipinski definition) is 1. The monoisotopic (exact) mass is 202 g/mol. The van der Waals surface area contributed by atoms with Gasteiger partial charge in [-0.15, -0.1) is 0 Å². The third-order valence-electron chi connectivity index (χ3n) is 1.91. The molecule has 0 fully saturated rings. The molecule has 15 heavy (non-hydrogen) atoms. The topological polar surface area (TPSA) is 55.1 Å². The summed E-state index contributed by atoms with van der Waals surface area (Å²) in [6, 6.07) is 5.37. The van der Waals surface area contributed by atoms with Crippen LogP contribution in [0.25, 0.3) is 11.3 Å². The van der Waals surface area contributed by atoms with Crippen molar-refractivity contribution in [3.63, 3.8) is 0 Å². The number of pyridine rings is 1. The smallest absolute Gasteiger partial charge is 0.221 e. The summed E-state index contributed by atoms with van der Waals surface area (Å²) in [6.45, 7) is 1.46. The molecule has 0 bridgehead atoms. The molecule has 0 unspecified atom stereocenters. The van der Waals surface area contributed by atoms with Crippen LogP contribution in [0.1, 0.15) is 6.92 Å². The van der Waals surface area contributed by atoms with Crippen LogP contribution in [0.5, 0.6) is 0 Å². The fourth-order valence-electron chi connectivity index (χ4n) is 1.33. The van der Waals surface area contributed by atoms with Gasteiger partial charge >= 0.3 is 0 Å². The van der Waals surface area contributed by atoms with Gasteiger partial charge in [-0.25, -0.2) is 0 Å². The van der Waals surface area contributed by atoms with Crippen LogP contribution in [0.3, 0.4) is 0 Å². The fourth-order valence-corrected chi connectivity index (χ4v) is 1.33. The number of carbonyl (C=O) groups excluding carboxylic acids is 1. The molecule has 0 spiro atoms. The zero-order chi connectivity index (χ0) is 10.7. The molecule has 4 nitrogen and oxygen atoms in total. The Hall–Kier alpha value is -2.10. The van der Waals surface area contributed by atoms with E-state index in [0.717, 1.165) is 5.56 Å². The lowest BCUT2D eigenvalue weighted by Gasteiger charge is -2.06. The standard InChI is InChI=1S/C11H10N2O2/c1-8(14)13-10-3-2-5-12-11(10)9-4-6-15-7-9/h2-7H,1H3,(H,13,14). The van der Waals surface area contributed by atoms with Gasteiger partial charge in [-0.05, 0) is 18.2 Å². The first-order chi connectivity index (χ1) is 7.27. The van der Waals surface area contributed by atoms with Gasteiger partial charge in [-0.3, -0.25) is 9.78 Å². The van der Waals surface area contributed by atoms with Crippen molar-refractivity contribution in [3.8, 4) is 11.3 Å². The molecule has 0 aromatic carbocycles. The van der Waals surface area contributed by atoms with Crippen LogP contribution in [-0.4, -0.2) is 10.9 Å². The van der Waals surface area contributed by atoms with E-state index < -0.39 is 0 Å². The zero-order valence-electron chi connectivity index (χ0n) is 8.23. The van der Waals surface area contributed by atoms with Crippen molar-refractivity contribution in [2.24, 2.45) is 0 Å². The molecule has 2 aromatic heterocycles. The molecule has 0 saturated heterocycles. The van der Waals surface area contributed by atoms with E-state index in [9.17, 15) is 4.79 Å². The Kier molecular flexibility index (Phi) is 2.49. The Morgan fingerprint density at radius 3 is 3.00 bits per heavy atom. The summed E-state index contributed by atoms with van der Waals surface area (Å²) in [5, 5.41) is 2.72. The Bertz CT molecular complexity index is 463. The van der Waals surface area contributed by atoms with E-state index in [-0.39, 0.29) is 5.91 Å². The summed E-state index contributed by atoms with van der Waals surface area (Å²) >= 11 is 0. The summed E-state index contributed by atoms with van der Waals surface area (Å²) in [6.07, 6.45) is 4.84. The van der Waals surface area contributed by atoms with Crippen LogP contribution < -0.4 is 5.32 Å². The minimum absolute atomic E-state index is 0.118. The molecule has 0 aliphatic carbocycles. The van der Waals surface area contributed by atoms with E-state index >= 15 is 0 Å². The Morgan fingerprint density at radius 1 is 1.47 bits per heavy atom. The predicted octanol–water partition coefficient (Wildman–Crippen LogP) is 2.30. The van der Waals surface area contributed by atoms with E-state index in [4.69, 9.17) is 4.42 Å². The molecule has 0 aliphatic rings. The molecule has 76 valence electrons. The molecule has 2 aromatic rings. The third-order valence-corrected chi connectivity index (χ3v) is 1.91. The number of rotatable bonds is 2. The summed E-state index contributed by atoms with van der Waals surface area (Å²) in [4.78, 5) is 15.2. The number of anilines is 1. The number of furan rings is 1. The number of aromatic nitrogens is 1. The van der Waals surface area contributed by atoms with Crippen molar-refractivity contribution in [1.82, 2.24) is 4.98 Å². The molecule has 0 aliphatic heterocycles. The second-order valence-corrected chi connectivity index (χ2v) is 3.09.